The number of rotatable bonds is 6. The minimum Gasteiger partial charge on any atom is -0.481 e. The molecule has 2 atom stereocenters. The summed E-state index contributed by atoms with van der Waals surface area (Å²) in [6.45, 7) is 9.69. The fourth-order valence-electron chi connectivity index (χ4n) is 3.70. The van der Waals surface area contributed by atoms with Gasteiger partial charge in [0.15, 0.2) is 0 Å². The smallest absolute Gasteiger partial charge is 0.309 e. The van der Waals surface area contributed by atoms with Crippen LogP contribution in [0, 0.1) is 5.92 Å². The summed E-state index contributed by atoms with van der Waals surface area (Å²) >= 11 is 0. The Labute approximate surface area is 122 Å². The van der Waals surface area contributed by atoms with Gasteiger partial charge in [-0.3, -0.25) is 4.79 Å². The molecule has 2 N–H and O–H groups in total. The molecule has 1 saturated heterocycles. The fraction of sp³-hybridized carbons (Fsp3) is 0.938. The van der Waals surface area contributed by atoms with Gasteiger partial charge in [-0.25, -0.2) is 0 Å². The van der Waals surface area contributed by atoms with Gasteiger partial charge < -0.3 is 14.9 Å². The van der Waals surface area contributed by atoms with Gasteiger partial charge in [-0.1, -0.05) is 26.7 Å². The molecule has 1 aliphatic heterocycles. The van der Waals surface area contributed by atoms with Crippen LogP contribution in [0.2, 0.25) is 0 Å². The van der Waals surface area contributed by atoms with Gasteiger partial charge in [-0.15, -0.1) is 0 Å². The lowest BCUT2D eigenvalue weighted by Crippen LogP contribution is -2.62. The lowest BCUT2D eigenvalue weighted by Gasteiger charge is -2.54. The Morgan fingerprint density at radius 3 is 2.10 bits per heavy atom. The second-order valence-electron chi connectivity index (χ2n) is 6.90. The molecule has 0 spiro atoms. The fourth-order valence-corrected chi connectivity index (χ4v) is 3.70. The predicted molar refractivity (Wildman–Crippen MR) is 78.7 cm³/mol. The van der Waals surface area contributed by atoms with Gasteiger partial charge in [0, 0.05) is 0 Å². The van der Waals surface area contributed by atoms with Crippen molar-refractivity contribution < 1.29 is 19.7 Å². The lowest BCUT2D eigenvalue weighted by molar-refractivity contribution is -0.267. The SMILES string of the molecule is CCCC(O)(CCC)C1(C)CCC(C(=O)O)C(C)(C)O1. The Kier molecular flexibility index (Phi) is 5.25. The molecule has 1 heterocycles. The normalized spacial score (nSPS) is 30.2. The molecule has 1 fully saturated rings. The topological polar surface area (TPSA) is 66.8 Å². The zero-order valence-electron chi connectivity index (χ0n) is 13.5. The van der Waals surface area contributed by atoms with E-state index in [0.717, 1.165) is 12.8 Å². The molecule has 0 aromatic rings. The first kappa shape index (κ1) is 17.4. The van der Waals surface area contributed by atoms with Crippen molar-refractivity contribution in [3.05, 3.63) is 0 Å². The maximum absolute atomic E-state index is 11.3. The van der Waals surface area contributed by atoms with Crippen molar-refractivity contribution in [2.45, 2.75) is 89.9 Å². The van der Waals surface area contributed by atoms with E-state index in [2.05, 4.69) is 13.8 Å². The van der Waals surface area contributed by atoms with Crippen LogP contribution in [-0.2, 0) is 9.53 Å². The predicted octanol–water partition coefficient (Wildman–Crippen LogP) is 3.37. The molecule has 1 rings (SSSR count). The van der Waals surface area contributed by atoms with Crippen LogP contribution in [0.3, 0.4) is 0 Å². The van der Waals surface area contributed by atoms with Crippen molar-refractivity contribution >= 4 is 5.97 Å². The van der Waals surface area contributed by atoms with Crippen LogP contribution in [0.25, 0.3) is 0 Å². The molecular weight excluding hydrogens is 256 g/mol. The maximum Gasteiger partial charge on any atom is 0.309 e. The highest BCUT2D eigenvalue weighted by Crippen LogP contribution is 2.47. The average molecular weight is 286 g/mol. The summed E-state index contributed by atoms with van der Waals surface area (Å²) in [5.41, 5.74) is -2.31. The van der Waals surface area contributed by atoms with Gasteiger partial charge in [-0.2, -0.15) is 0 Å². The highest BCUT2D eigenvalue weighted by molar-refractivity contribution is 5.71. The molecule has 0 radical (unpaired) electrons. The molecule has 0 aromatic carbocycles. The number of aliphatic hydroxyl groups is 1. The number of carboxylic acids is 1. The Morgan fingerprint density at radius 1 is 1.25 bits per heavy atom. The second kappa shape index (κ2) is 6.02. The monoisotopic (exact) mass is 286 g/mol. The highest BCUT2D eigenvalue weighted by Gasteiger charge is 2.55. The van der Waals surface area contributed by atoms with E-state index >= 15 is 0 Å². The van der Waals surface area contributed by atoms with Crippen molar-refractivity contribution in [1.29, 1.82) is 0 Å². The van der Waals surface area contributed by atoms with Crippen LogP contribution >= 0.6 is 0 Å². The largest absolute Gasteiger partial charge is 0.481 e. The molecule has 1 aliphatic rings. The molecule has 4 nitrogen and oxygen atoms in total. The molecular formula is C16H30O4. The Balaban J connectivity index is 3.02. The number of aliphatic carboxylic acids is 1. The van der Waals surface area contributed by atoms with E-state index in [1.54, 1.807) is 0 Å². The van der Waals surface area contributed by atoms with Gasteiger partial charge in [0.1, 0.15) is 0 Å². The van der Waals surface area contributed by atoms with Gasteiger partial charge in [0.2, 0.25) is 0 Å². The summed E-state index contributed by atoms with van der Waals surface area (Å²) in [4.78, 5) is 11.3. The summed E-state index contributed by atoms with van der Waals surface area (Å²) in [5.74, 6) is -1.32. The van der Waals surface area contributed by atoms with Gasteiger partial charge in [0.25, 0.3) is 0 Å². The second-order valence-corrected chi connectivity index (χ2v) is 6.90. The molecule has 0 saturated carbocycles. The summed E-state index contributed by atoms with van der Waals surface area (Å²) < 4.78 is 6.17. The third-order valence-electron chi connectivity index (χ3n) is 4.85. The first-order chi connectivity index (χ1) is 9.12. The molecule has 0 amide bonds. The van der Waals surface area contributed by atoms with Crippen molar-refractivity contribution in [3.8, 4) is 0 Å². The Bertz CT molecular complexity index is 344. The van der Waals surface area contributed by atoms with E-state index in [4.69, 9.17) is 4.74 Å². The van der Waals surface area contributed by atoms with Crippen LogP contribution < -0.4 is 0 Å². The van der Waals surface area contributed by atoms with E-state index in [9.17, 15) is 15.0 Å². The van der Waals surface area contributed by atoms with Crippen molar-refractivity contribution in [2.75, 3.05) is 0 Å². The van der Waals surface area contributed by atoms with Gasteiger partial charge in [0.05, 0.1) is 22.7 Å². The van der Waals surface area contributed by atoms with E-state index in [1.165, 1.54) is 0 Å². The molecule has 0 aromatic heterocycles. The molecule has 20 heavy (non-hydrogen) atoms. The standard InChI is InChI=1S/C16H30O4/c1-6-9-16(19,10-7-2)15(5)11-8-12(13(17)18)14(3,4)20-15/h12,19H,6-11H2,1-5H3,(H,17,18). The van der Waals surface area contributed by atoms with Crippen LogP contribution in [0.15, 0.2) is 0 Å². The summed E-state index contributed by atoms with van der Waals surface area (Å²) in [7, 11) is 0. The number of hydrogen-bond acceptors (Lipinski definition) is 3. The van der Waals surface area contributed by atoms with Crippen LogP contribution in [0.5, 0.6) is 0 Å². The molecule has 0 bridgehead atoms. The zero-order valence-corrected chi connectivity index (χ0v) is 13.5. The van der Waals surface area contributed by atoms with Gasteiger partial charge in [-0.05, 0) is 46.5 Å². The van der Waals surface area contributed by atoms with Crippen molar-refractivity contribution in [1.82, 2.24) is 0 Å². The third-order valence-corrected chi connectivity index (χ3v) is 4.85. The molecule has 4 heteroatoms. The Morgan fingerprint density at radius 2 is 1.75 bits per heavy atom. The van der Waals surface area contributed by atoms with Crippen LogP contribution in [0.4, 0.5) is 0 Å². The minimum atomic E-state index is -0.878. The number of ether oxygens (including phenoxy) is 1. The Hall–Kier alpha value is -0.610. The first-order valence-electron chi connectivity index (χ1n) is 7.77. The number of carboxylic acid groups (broad SMARTS) is 1. The van der Waals surface area contributed by atoms with E-state index in [0.29, 0.717) is 25.7 Å². The van der Waals surface area contributed by atoms with Crippen LogP contribution in [-0.4, -0.2) is 33.0 Å². The molecule has 118 valence electrons. The molecule has 2 unspecified atom stereocenters. The number of carbonyl (C=O) groups is 1. The maximum atomic E-state index is 11.3. The first-order valence-corrected chi connectivity index (χ1v) is 7.77. The molecule has 0 aliphatic carbocycles. The summed E-state index contributed by atoms with van der Waals surface area (Å²) in [5, 5.41) is 20.4. The number of hydrogen-bond donors (Lipinski definition) is 2. The van der Waals surface area contributed by atoms with Gasteiger partial charge >= 0.3 is 5.97 Å². The van der Waals surface area contributed by atoms with Crippen LogP contribution in [0.1, 0.15) is 73.1 Å². The third kappa shape index (κ3) is 3.17. The zero-order chi connectivity index (χ0) is 15.6. The van der Waals surface area contributed by atoms with E-state index in [1.807, 2.05) is 20.8 Å². The highest BCUT2D eigenvalue weighted by atomic mass is 16.5. The van der Waals surface area contributed by atoms with E-state index in [-0.39, 0.29) is 0 Å². The average Bonchev–Trinajstić information content (AvgIpc) is 2.27. The van der Waals surface area contributed by atoms with E-state index < -0.39 is 28.7 Å². The quantitative estimate of drug-likeness (QED) is 0.785. The van der Waals surface area contributed by atoms with Crippen molar-refractivity contribution in [3.63, 3.8) is 0 Å². The minimum absolute atomic E-state index is 0.511. The summed E-state index contributed by atoms with van der Waals surface area (Å²) in [6.07, 6.45) is 4.28. The lowest BCUT2D eigenvalue weighted by atomic mass is 9.69. The van der Waals surface area contributed by atoms with Crippen molar-refractivity contribution in [2.24, 2.45) is 5.92 Å². The summed E-state index contributed by atoms with van der Waals surface area (Å²) in [6, 6.07) is 0.